The molecule has 0 fully saturated rings. The van der Waals surface area contributed by atoms with Gasteiger partial charge < -0.3 is 10.6 Å². The number of anilines is 1. The SMILES string of the molecule is O=C(CCNC(=O)c1ccc(F)cc1F)Nc1cc(Cl)ccc1-n1cncn1. The minimum Gasteiger partial charge on any atom is -0.351 e. The predicted octanol–water partition coefficient (Wildman–Crippen LogP) is 2.96. The average Bonchev–Trinajstić information content (AvgIpc) is 3.16. The zero-order valence-corrected chi connectivity index (χ0v) is 15.1. The van der Waals surface area contributed by atoms with Crippen molar-refractivity contribution in [3.8, 4) is 5.69 Å². The third kappa shape index (κ3) is 4.68. The van der Waals surface area contributed by atoms with Crippen molar-refractivity contribution in [1.82, 2.24) is 20.1 Å². The first-order chi connectivity index (χ1) is 13.4. The van der Waals surface area contributed by atoms with Gasteiger partial charge in [-0.25, -0.2) is 18.4 Å². The van der Waals surface area contributed by atoms with E-state index in [0.29, 0.717) is 22.5 Å². The van der Waals surface area contributed by atoms with E-state index in [0.717, 1.165) is 12.1 Å². The molecule has 0 saturated carbocycles. The van der Waals surface area contributed by atoms with Crippen molar-refractivity contribution in [3.05, 3.63) is 71.3 Å². The number of nitrogens with zero attached hydrogens (tertiary/aromatic N) is 3. The van der Waals surface area contributed by atoms with Crippen LogP contribution in [0.1, 0.15) is 16.8 Å². The van der Waals surface area contributed by atoms with E-state index in [-0.39, 0.29) is 18.5 Å². The van der Waals surface area contributed by atoms with Crippen LogP contribution in [0.4, 0.5) is 14.5 Å². The van der Waals surface area contributed by atoms with Crippen LogP contribution in [0.5, 0.6) is 0 Å². The molecule has 144 valence electrons. The molecule has 1 aromatic heterocycles. The lowest BCUT2D eigenvalue weighted by Crippen LogP contribution is -2.28. The number of carbonyl (C=O) groups is 2. The van der Waals surface area contributed by atoms with Gasteiger partial charge in [0, 0.05) is 24.1 Å². The van der Waals surface area contributed by atoms with Gasteiger partial charge in [-0.15, -0.1) is 0 Å². The Morgan fingerprint density at radius 3 is 2.68 bits per heavy atom. The summed E-state index contributed by atoms with van der Waals surface area (Å²) in [5.41, 5.74) is 0.677. The molecule has 7 nitrogen and oxygen atoms in total. The maximum Gasteiger partial charge on any atom is 0.254 e. The highest BCUT2D eigenvalue weighted by atomic mass is 35.5. The number of hydrogen-bond donors (Lipinski definition) is 2. The molecule has 1 heterocycles. The van der Waals surface area contributed by atoms with E-state index in [1.807, 2.05) is 0 Å². The third-order valence-electron chi connectivity index (χ3n) is 3.71. The Balaban J connectivity index is 1.59. The van der Waals surface area contributed by atoms with Gasteiger partial charge in [0.25, 0.3) is 5.91 Å². The highest BCUT2D eigenvalue weighted by Gasteiger charge is 2.14. The second-order valence-corrected chi connectivity index (χ2v) is 6.12. The summed E-state index contributed by atoms with van der Waals surface area (Å²) in [6.07, 6.45) is 2.75. The van der Waals surface area contributed by atoms with Crippen LogP contribution in [-0.2, 0) is 4.79 Å². The van der Waals surface area contributed by atoms with E-state index in [1.54, 1.807) is 18.2 Å². The normalized spacial score (nSPS) is 10.5. The molecule has 0 atom stereocenters. The molecule has 0 aliphatic heterocycles. The maximum atomic E-state index is 13.6. The lowest BCUT2D eigenvalue weighted by Gasteiger charge is -2.12. The summed E-state index contributed by atoms with van der Waals surface area (Å²) in [6, 6.07) is 7.51. The standard InChI is InChI=1S/C18H14ClF2N5O2/c19-11-1-4-16(26-10-22-9-24-26)15(7-11)25-17(27)5-6-23-18(28)13-3-2-12(20)8-14(13)21/h1-4,7-10H,5-6H2,(H,23,28)(H,25,27). The first kappa shape index (κ1) is 19.4. The molecule has 28 heavy (non-hydrogen) atoms. The maximum absolute atomic E-state index is 13.6. The molecule has 0 saturated heterocycles. The molecule has 0 spiro atoms. The smallest absolute Gasteiger partial charge is 0.254 e. The third-order valence-corrected chi connectivity index (χ3v) is 3.95. The van der Waals surface area contributed by atoms with E-state index < -0.39 is 23.4 Å². The van der Waals surface area contributed by atoms with Crippen molar-refractivity contribution in [2.24, 2.45) is 0 Å². The minimum atomic E-state index is -0.974. The number of nitrogens with one attached hydrogen (secondary N) is 2. The molecule has 0 bridgehead atoms. The summed E-state index contributed by atoms with van der Waals surface area (Å²) >= 11 is 5.99. The van der Waals surface area contributed by atoms with Crippen molar-refractivity contribution in [2.75, 3.05) is 11.9 Å². The average molecular weight is 406 g/mol. The number of aromatic nitrogens is 3. The Kier molecular flexibility index (Phi) is 5.95. The fraction of sp³-hybridized carbons (Fsp3) is 0.111. The summed E-state index contributed by atoms with van der Waals surface area (Å²) in [4.78, 5) is 28.0. The first-order valence-corrected chi connectivity index (χ1v) is 8.49. The Hall–Kier alpha value is -3.33. The van der Waals surface area contributed by atoms with Crippen molar-refractivity contribution in [3.63, 3.8) is 0 Å². The number of carbonyl (C=O) groups excluding carboxylic acids is 2. The van der Waals surface area contributed by atoms with E-state index in [2.05, 4.69) is 20.7 Å². The largest absolute Gasteiger partial charge is 0.351 e. The topological polar surface area (TPSA) is 88.9 Å². The van der Waals surface area contributed by atoms with Gasteiger partial charge in [0.1, 0.15) is 24.3 Å². The van der Waals surface area contributed by atoms with Crippen LogP contribution in [-0.4, -0.2) is 33.1 Å². The zero-order chi connectivity index (χ0) is 20.1. The number of rotatable bonds is 6. The van der Waals surface area contributed by atoms with Gasteiger partial charge in [0.15, 0.2) is 0 Å². The second kappa shape index (κ2) is 8.57. The van der Waals surface area contributed by atoms with Crippen LogP contribution in [0.15, 0.2) is 49.1 Å². The van der Waals surface area contributed by atoms with Crippen LogP contribution >= 0.6 is 11.6 Å². The van der Waals surface area contributed by atoms with Crippen molar-refractivity contribution in [1.29, 1.82) is 0 Å². The second-order valence-electron chi connectivity index (χ2n) is 5.68. The summed E-state index contributed by atoms with van der Waals surface area (Å²) < 4.78 is 27.9. The highest BCUT2D eigenvalue weighted by Crippen LogP contribution is 2.24. The van der Waals surface area contributed by atoms with Crippen LogP contribution in [0.25, 0.3) is 5.69 Å². The molecule has 10 heteroatoms. The molecule has 2 aromatic carbocycles. The highest BCUT2D eigenvalue weighted by molar-refractivity contribution is 6.31. The molecular formula is C18H14ClF2N5O2. The Labute approximate surface area is 163 Å². The molecule has 0 unspecified atom stereocenters. The number of amides is 2. The molecule has 0 aliphatic carbocycles. The summed E-state index contributed by atoms with van der Waals surface area (Å²) in [7, 11) is 0. The van der Waals surface area contributed by atoms with Crippen molar-refractivity contribution in [2.45, 2.75) is 6.42 Å². The fourth-order valence-corrected chi connectivity index (χ4v) is 2.58. The van der Waals surface area contributed by atoms with Crippen LogP contribution in [0.2, 0.25) is 5.02 Å². The van der Waals surface area contributed by atoms with Crippen LogP contribution in [0.3, 0.4) is 0 Å². The minimum absolute atomic E-state index is 0.0410. The molecule has 3 aromatic rings. The van der Waals surface area contributed by atoms with E-state index >= 15 is 0 Å². The van der Waals surface area contributed by atoms with Crippen LogP contribution < -0.4 is 10.6 Å². The van der Waals surface area contributed by atoms with Gasteiger partial charge in [-0.3, -0.25) is 9.59 Å². The van der Waals surface area contributed by atoms with Gasteiger partial charge in [-0.2, -0.15) is 5.10 Å². The van der Waals surface area contributed by atoms with Crippen LogP contribution in [0, 0.1) is 11.6 Å². The van der Waals surface area contributed by atoms with Crippen molar-refractivity contribution >= 4 is 29.1 Å². The predicted molar refractivity (Wildman–Crippen MR) is 98.3 cm³/mol. The summed E-state index contributed by atoms with van der Waals surface area (Å²) in [5, 5.41) is 9.52. The number of benzene rings is 2. The van der Waals surface area contributed by atoms with E-state index in [9.17, 15) is 18.4 Å². The van der Waals surface area contributed by atoms with Gasteiger partial charge in [-0.1, -0.05) is 11.6 Å². The Morgan fingerprint density at radius 1 is 1.14 bits per heavy atom. The summed E-state index contributed by atoms with van der Waals surface area (Å²) in [6.45, 7) is -0.0410. The molecule has 2 N–H and O–H groups in total. The molecule has 0 aliphatic rings. The summed E-state index contributed by atoms with van der Waals surface area (Å²) in [5.74, 6) is -2.89. The molecule has 0 radical (unpaired) electrons. The Morgan fingerprint density at radius 2 is 1.96 bits per heavy atom. The van der Waals surface area contributed by atoms with Gasteiger partial charge in [0.05, 0.1) is 16.9 Å². The van der Waals surface area contributed by atoms with Gasteiger partial charge >= 0.3 is 0 Å². The van der Waals surface area contributed by atoms with Gasteiger partial charge in [-0.05, 0) is 30.3 Å². The monoisotopic (exact) mass is 405 g/mol. The number of halogens is 3. The lowest BCUT2D eigenvalue weighted by molar-refractivity contribution is -0.116. The quantitative estimate of drug-likeness (QED) is 0.660. The molecule has 2 amide bonds. The number of hydrogen-bond acceptors (Lipinski definition) is 4. The zero-order valence-electron chi connectivity index (χ0n) is 14.3. The molecule has 3 rings (SSSR count). The van der Waals surface area contributed by atoms with E-state index in [1.165, 1.54) is 17.3 Å². The Bertz CT molecular complexity index is 1010. The lowest BCUT2D eigenvalue weighted by atomic mass is 10.2. The van der Waals surface area contributed by atoms with E-state index in [4.69, 9.17) is 11.6 Å². The fourth-order valence-electron chi connectivity index (χ4n) is 2.41. The first-order valence-electron chi connectivity index (χ1n) is 8.11. The van der Waals surface area contributed by atoms with Gasteiger partial charge in [0.2, 0.25) is 5.91 Å². The molecular weight excluding hydrogens is 392 g/mol. The van der Waals surface area contributed by atoms with Crippen molar-refractivity contribution < 1.29 is 18.4 Å².